The summed E-state index contributed by atoms with van der Waals surface area (Å²) in [6.07, 6.45) is 3.19. The average molecular weight is 299 g/mol. The SMILES string of the molecule is CC(CCCNC(=O)N(C)CC(=O)N1CCCC1)C(=O)O. The van der Waals surface area contributed by atoms with E-state index in [0.717, 1.165) is 25.9 Å². The van der Waals surface area contributed by atoms with E-state index in [-0.39, 0.29) is 18.5 Å². The van der Waals surface area contributed by atoms with E-state index in [2.05, 4.69) is 5.32 Å². The summed E-state index contributed by atoms with van der Waals surface area (Å²) in [5.41, 5.74) is 0. The van der Waals surface area contributed by atoms with Gasteiger partial charge in [-0.25, -0.2) is 4.79 Å². The van der Waals surface area contributed by atoms with Gasteiger partial charge in [0.15, 0.2) is 0 Å². The van der Waals surface area contributed by atoms with Gasteiger partial charge in [-0.2, -0.15) is 0 Å². The molecule has 1 rings (SSSR count). The summed E-state index contributed by atoms with van der Waals surface area (Å²) in [5, 5.41) is 11.4. The van der Waals surface area contributed by atoms with Crippen molar-refractivity contribution >= 4 is 17.9 Å². The predicted molar refractivity (Wildman–Crippen MR) is 77.9 cm³/mol. The Hall–Kier alpha value is -1.79. The number of likely N-dealkylation sites (tertiary alicyclic amines) is 1. The number of carboxylic acids is 1. The van der Waals surface area contributed by atoms with Gasteiger partial charge in [0.25, 0.3) is 0 Å². The standard InChI is InChI=1S/C14H25N3O4/c1-11(13(19)20)6-5-7-15-14(21)16(2)10-12(18)17-8-3-4-9-17/h11H,3-10H2,1-2H3,(H,15,21)(H,19,20). The van der Waals surface area contributed by atoms with Crippen molar-refractivity contribution in [2.75, 3.05) is 33.2 Å². The van der Waals surface area contributed by atoms with Crippen LogP contribution < -0.4 is 5.32 Å². The van der Waals surface area contributed by atoms with Gasteiger partial charge in [-0.3, -0.25) is 9.59 Å². The Morgan fingerprint density at radius 2 is 1.90 bits per heavy atom. The highest BCUT2D eigenvalue weighted by atomic mass is 16.4. The number of aliphatic carboxylic acids is 1. The number of amides is 3. The zero-order valence-corrected chi connectivity index (χ0v) is 12.8. The summed E-state index contributed by atoms with van der Waals surface area (Å²) >= 11 is 0. The Labute approximate surface area is 125 Å². The fourth-order valence-corrected chi connectivity index (χ4v) is 2.20. The first-order chi connectivity index (χ1) is 9.91. The number of carboxylic acid groups (broad SMARTS) is 1. The lowest BCUT2D eigenvalue weighted by Crippen LogP contribution is -2.44. The number of carbonyl (C=O) groups excluding carboxylic acids is 2. The third-order valence-electron chi connectivity index (χ3n) is 3.69. The summed E-state index contributed by atoms with van der Waals surface area (Å²) in [4.78, 5) is 37.5. The molecule has 3 amide bonds. The number of nitrogens with one attached hydrogen (secondary N) is 1. The molecular weight excluding hydrogens is 274 g/mol. The third kappa shape index (κ3) is 6.01. The highest BCUT2D eigenvalue weighted by Gasteiger charge is 2.20. The third-order valence-corrected chi connectivity index (χ3v) is 3.69. The lowest BCUT2D eigenvalue weighted by molar-refractivity contribution is -0.141. The van der Waals surface area contributed by atoms with E-state index in [9.17, 15) is 14.4 Å². The van der Waals surface area contributed by atoms with E-state index in [1.54, 1.807) is 18.9 Å². The molecule has 1 atom stereocenters. The van der Waals surface area contributed by atoms with E-state index >= 15 is 0 Å². The molecule has 1 aliphatic heterocycles. The van der Waals surface area contributed by atoms with Gasteiger partial charge in [0.05, 0.1) is 5.92 Å². The molecule has 0 bridgehead atoms. The minimum Gasteiger partial charge on any atom is -0.481 e. The Bertz CT molecular complexity index is 380. The van der Waals surface area contributed by atoms with Crippen molar-refractivity contribution in [2.45, 2.75) is 32.6 Å². The van der Waals surface area contributed by atoms with Crippen LogP contribution in [-0.4, -0.2) is 66.0 Å². The fourth-order valence-electron chi connectivity index (χ4n) is 2.20. The van der Waals surface area contributed by atoms with Gasteiger partial charge in [-0.15, -0.1) is 0 Å². The molecule has 1 fully saturated rings. The van der Waals surface area contributed by atoms with Crippen molar-refractivity contribution in [1.82, 2.24) is 15.1 Å². The summed E-state index contributed by atoms with van der Waals surface area (Å²) in [6, 6.07) is -0.300. The molecule has 0 spiro atoms. The van der Waals surface area contributed by atoms with Crippen LogP contribution in [0.25, 0.3) is 0 Å². The number of nitrogens with zero attached hydrogens (tertiary/aromatic N) is 2. The smallest absolute Gasteiger partial charge is 0.317 e. The largest absolute Gasteiger partial charge is 0.481 e. The molecule has 1 saturated heterocycles. The Kier molecular flexibility index (Phi) is 6.98. The topological polar surface area (TPSA) is 90.0 Å². The van der Waals surface area contributed by atoms with Gasteiger partial charge in [0.1, 0.15) is 6.54 Å². The van der Waals surface area contributed by atoms with Crippen LogP contribution in [0.3, 0.4) is 0 Å². The second-order valence-electron chi connectivity index (χ2n) is 5.56. The Balaban J connectivity index is 2.18. The summed E-state index contributed by atoms with van der Waals surface area (Å²) < 4.78 is 0. The molecule has 1 unspecified atom stereocenters. The maximum absolute atomic E-state index is 11.9. The molecule has 0 aromatic rings. The molecule has 120 valence electrons. The van der Waals surface area contributed by atoms with Crippen LogP contribution in [0.2, 0.25) is 0 Å². The van der Waals surface area contributed by atoms with E-state index in [1.807, 2.05) is 0 Å². The van der Waals surface area contributed by atoms with Crippen molar-refractivity contribution in [3.63, 3.8) is 0 Å². The predicted octanol–water partition coefficient (Wildman–Crippen LogP) is 0.751. The lowest BCUT2D eigenvalue weighted by Gasteiger charge is -2.21. The summed E-state index contributed by atoms with van der Waals surface area (Å²) in [6.45, 7) is 3.70. The van der Waals surface area contributed by atoms with Gasteiger partial charge in [-0.05, 0) is 25.7 Å². The fraction of sp³-hybridized carbons (Fsp3) is 0.786. The average Bonchev–Trinajstić information content (AvgIpc) is 2.96. The number of hydrogen-bond acceptors (Lipinski definition) is 3. The second kappa shape index (κ2) is 8.49. The quantitative estimate of drug-likeness (QED) is 0.679. The van der Waals surface area contributed by atoms with Gasteiger partial charge < -0.3 is 20.2 Å². The molecule has 2 N–H and O–H groups in total. The van der Waals surface area contributed by atoms with E-state index in [0.29, 0.717) is 19.4 Å². The maximum atomic E-state index is 11.9. The van der Waals surface area contributed by atoms with Crippen LogP contribution in [0.5, 0.6) is 0 Å². The van der Waals surface area contributed by atoms with E-state index in [1.165, 1.54) is 4.90 Å². The van der Waals surface area contributed by atoms with E-state index in [4.69, 9.17) is 5.11 Å². The van der Waals surface area contributed by atoms with Gasteiger partial charge in [0, 0.05) is 26.7 Å². The molecule has 0 radical (unpaired) electrons. The second-order valence-corrected chi connectivity index (χ2v) is 5.56. The number of carbonyl (C=O) groups is 3. The molecule has 0 saturated carbocycles. The molecule has 21 heavy (non-hydrogen) atoms. The minimum atomic E-state index is -0.824. The molecule has 0 aromatic carbocycles. The van der Waals surface area contributed by atoms with Gasteiger partial charge in [-0.1, -0.05) is 6.92 Å². The first-order valence-corrected chi connectivity index (χ1v) is 7.41. The normalized spacial score (nSPS) is 15.6. The van der Waals surface area contributed by atoms with Crippen molar-refractivity contribution in [2.24, 2.45) is 5.92 Å². The number of hydrogen-bond donors (Lipinski definition) is 2. The monoisotopic (exact) mass is 299 g/mol. The summed E-state index contributed by atoms with van der Waals surface area (Å²) in [7, 11) is 1.59. The zero-order chi connectivity index (χ0) is 15.8. The van der Waals surface area contributed by atoms with Crippen LogP contribution in [0.4, 0.5) is 4.79 Å². The maximum Gasteiger partial charge on any atom is 0.317 e. The first-order valence-electron chi connectivity index (χ1n) is 7.41. The van der Waals surface area contributed by atoms with Gasteiger partial charge in [0.2, 0.25) is 5.91 Å². The molecule has 0 aromatic heterocycles. The molecule has 0 aliphatic carbocycles. The number of rotatable bonds is 7. The van der Waals surface area contributed by atoms with Crippen molar-refractivity contribution in [3.05, 3.63) is 0 Å². The highest BCUT2D eigenvalue weighted by Crippen LogP contribution is 2.08. The molecule has 1 aliphatic rings. The number of likely N-dealkylation sites (N-methyl/N-ethyl adjacent to an activating group) is 1. The van der Waals surface area contributed by atoms with Crippen LogP contribution >= 0.6 is 0 Å². The molecular formula is C14H25N3O4. The minimum absolute atomic E-state index is 0.0235. The van der Waals surface area contributed by atoms with Crippen LogP contribution in [0.1, 0.15) is 32.6 Å². The molecule has 7 nitrogen and oxygen atoms in total. The van der Waals surface area contributed by atoms with Crippen LogP contribution in [-0.2, 0) is 9.59 Å². The van der Waals surface area contributed by atoms with Crippen molar-refractivity contribution < 1.29 is 19.5 Å². The van der Waals surface area contributed by atoms with Crippen LogP contribution in [0.15, 0.2) is 0 Å². The summed E-state index contributed by atoms with van der Waals surface area (Å²) in [5.74, 6) is -1.25. The highest BCUT2D eigenvalue weighted by molar-refractivity contribution is 5.84. The van der Waals surface area contributed by atoms with Crippen molar-refractivity contribution in [3.8, 4) is 0 Å². The van der Waals surface area contributed by atoms with Crippen LogP contribution in [0, 0.1) is 5.92 Å². The van der Waals surface area contributed by atoms with E-state index < -0.39 is 11.9 Å². The first kappa shape index (κ1) is 17.3. The lowest BCUT2D eigenvalue weighted by atomic mass is 10.1. The molecule has 1 heterocycles. The Morgan fingerprint density at radius 1 is 1.29 bits per heavy atom. The number of urea groups is 1. The van der Waals surface area contributed by atoms with Gasteiger partial charge >= 0.3 is 12.0 Å². The Morgan fingerprint density at radius 3 is 2.48 bits per heavy atom. The van der Waals surface area contributed by atoms with Crippen molar-refractivity contribution in [1.29, 1.82) is 0 Å². The molecule has 7 heteroatoms. The zero-order valence-electron chi connectivity index (χ0n) is 12.8.